The lowest BCUT2D eigenvalue weighted by Crippen LogP contribution is -1.98. The first kappa shape index (κ1) is 14.5. The van der Waals surface area contributed by atoms with Crippen LogP contribution in [-0.4, -0.2) is 20.2 Å². The van der Waals surface area contributed by atoms with E-state index in [9.17, 15) is 0 Å². The maximum Gasteiger partial charge on any atom is 0.247 e. The number of rotatable bonds is 4. The zero-order chi connectivity index (χ0) is 15.5. The topological polar surface area (TPSA) is 90.7 Å². The van der Waals surface area contributed by atoms with Crippen LogP contribution in [0.1, 0.15) is 23.8 Å². The maximum atomic E-state index is 5.74. The fourth-order valence-corrected chi connectivity index (χ4v) is 2.79. The molecule has 1 aromatic carbocycles. The van der Waals surface area contributed by atoms with E-state index < -0.39 is 0 Å². The van der Waals surface area contributed by atoms with Crippen molar-refractivity contribution in [1.82, 2.24) is 20.2 Å². The molecule has 0 aliphatic carbocycles. The standard InChI is InChI=1S/C15H15N5OS/c1-9-8-12(16)18-15(17-9)22-10(2)13-19-20-14(21-13)11-6-4-3-5-7-11/h3-8,10H,1-2H3,(H2,16,17,18). The Labute approximate surface area is 132 Å². The third-order valence-electron chi connectivity index (χ3n) is 2.94. The van der Waals surface area contributed by atoms with Gasteiger partial charge in [0.25, 0.3) is 0 Å². The van der Waals surface area contributed by atoms with E-state index in [2.05, 4.69) is 20.2 Å². The van der Waals surface area contributed by atoms with Gasteiger partial charge in [-0.3, -0.25) is 0 Å². The molecule has 0 aliphatic heterocycles. The van der Waals surface area contributed by atoms with Gasteiger partial charge in [0, 0.05) is 17.3 Å². The molecular formula is C15H15N5OS. The van der Waals surface area contributed by atoms with Crippen molar-refractivity contribution in [2.24, 2.45) is 0 Å². The fourth-order valence-electron chi connectivity index (χ4n) is 1.92. The average molecular weight is 313 g/mol. The van der Waals surface area contributed by atoms with E-state index in [1.807, 2.05) is 44.2 Å². The normalized spacial score (nSPS) is 12.3. The van der Waals surface area contributed by atoms with Crippen LogP contribution in [0.4, 0.5) is 5.82 Å². The molecule has 0 fully saturated rings. The van der Waals surface area contributed by atoms with E-state index in [0.29, 0.717) is 22.8 Å². The summed E-state index contributed by atoms with van der Waals surface area (Å²) in [5.41, 5.74) is 7.47. The lowest BCUT2D eigenvalue weighted by atomic mass is 10.2. The van der Waals surface area contributed by atoms with Crippen LogP contribution in [0.3, 0.4) is 0 Å². The number of nitrogen functional groups attached to an aromatic ring is 1. The number of hydrogen-bond donors (Lipinski definition) is 1. The molecule has 112 valence electrons. The number of thioether (sulfide) groups is 1. The molecule has 0 saturated heterocycles. The molecule has 7 heteroatoms. The molecule has 0 radical (unpaired) electrons. The second kappa shape index (κ2) is 6.15. The van der Waals surface area contributed by atoms with Crippen LogP contribution in [0.2, 0.25) is 0 Å². The summed E-state index contributed by atoms with van der Waals surface area (Å²) >= 11 is 1.44. The molecule has 3 aromatic rings. The molecule has 0 amide bonds. The van der Waals surface area contributed by atoms with Gasteiger partial charge in [0.05, 0.1) is 5.25 Å². The summed E-state index contributed by atoms with van der Waals surface area (Å²) in [6.45, 7) is 3.85. The van der Waals surface area contributed by atoms with Gasteiger partial charge in [0.1, 0.15) is 5.82 Å². The monoisotopic (exact) mass is 313 g/mol. The molecule has 0 saturated carbocycles. The van der Waals surface area contributed by atoms with Crippen molar-refractivity contribution in [3.05, 3.63) is 48.0 Å². The number of benzene rings is 1. The van der Waals surface area contributed by atoms with Gasteiger partial charge in [-0.2, -0.15) is 0 Å². The summed E-state index contributed by atoms with van der Waals surface area (Å²) in [6, 6.07) is 11.4. The Morgan fingerprint density at radius 2 is 1.91 bits per heavy atom. The smallest absolute Gasteiger partial charge is 0.247 e. The molecule has 0 aliphatic rings. The highest BCUT2D eigenvalue weighted by atomic mass is 32.2. The van der Waals surface area contributed by atoms with Gasteiger partial charge in [-0.05, 0) is 26.0 Å². The number of aromatic nitrogens is 4. The van der Waals surface area contributed by atoms with Gasteiger partial charge in [0.15, 0.2) is 5.16 Å². The first-order valence-corrected chi connectivity index (χ1v) is 7.66. The van der Waals surface area contributed by atoms with Gasteiger partial charge >= 0.3 is 0 Å². The zero-order valence-electron chi connectivity index (χ0n) is 12.2. The van der Waals surface area contributed by atoms with Crippen LogP contribution in [-0.2, 0) is 0 Å². The zero-order valence-corrected chi connectivity index (χ0v) is 13.0. The highest BCUT2D eigenvalue weighted by Gasteiger charge is 2.17. The summed E-state index contributed by atoms with van der Waals surface area (Å²) in [6.07, 6.45) is 0. The maximum absolute atomic E-state index is 5.74. The van der Waals surface area contributed by atoms with Crippen molar-refractivity contribution < 1.29 is 4.42 Å². The van der Waals surface area contributed by atoms with Crippen molar-refractivity contribution >= 4 is 17.6 Å². The minimum absolute atomic E-state index is 0.0637. The molecule has 22 heavy (non-hydrogen) atoms. The van der Waals surface area contributed by atoms with Crippen molar-refractivity contribution in [2.45, 2.75) is 24.3 Å². The number of anilines is 1. The first-order valence-electron chi connectivity index (χ1n) is 6.78. The SMILES string of the molecule is Cc1cc(N)nc(SC(C)c2nnc(-c3ccccc3)o2)n1. The van der Waals surface area contributed by atoms with E-state index in [1.165, 1.54) is 11.8 Å². The largest absolute Gasteiger partial charge is 0.419 e. The van der Waals surface area contributed by atoms with E-state index >= 15 is 0 Å². The molecule has 0 bridgehead atoms. The molecule has 2 heterocycles. The Balaban J connectivity index is 1.78. The van der Waals surface area contributed by atoms with E-state index in [-0.39, 0.29) is 5.25 Å². The second-order valence-electron chi connectivity index (χ2n) is 4.79. The van der Waals surface area contributed by atoms with E-state index in [0.717, 1.165) is 11.3 Å². The summed E-state index contributed by atoms with van der Waals surface area (Å²) in [5, 5.41) is 8.74. The average Bonchev–Trinajstić information content (AvgIpc) is 2.97. The van der Waals surface area contributed by atoms with Crippen molar-refractivity contribution in [3.63, 3.8) is 0 Å². The predicted molar refractivity (Wildman–Crippen MR) is 85.2 cm³/mol. The fraction of sp³-hybridized carbons (Fsp3) is 0.200. The number of nitrogens with zero attached hydrogens (tertiary/aromatic N) is 4. The molecule has 6 nitrogen and oxygen atoms in total. The summed E-state index contributed by atoms with van der Waals surface area (Å²) < 4.78 is 5.73. The summed E-state index contributed by atoms with van der Waals surface area (Å²) in [5.74, 6) is 1.50. The van der Waals surface area contributed by atoms with Gasteiger partial charge < -0.3 is 10.2 Å². The van der Waals surface area contributed by atoms with Crippen LogP contribution in [0.15, 0.2) is 46.0 Å². The molecule has 1 atom stereocenters. The highest BCUT2D eigenvalue weighted by Crippen LogP contribution is 2.33. The Kier molecular flexibility index (Phi) is 4.06. The minimum atomic E-state index is -0.0637. The van der Waals surface area contributed by atoms with Crippen molar-refractivity contribution in [3.8, 4) is 11.5 Å². The molecule has 2 aromatic heterocycles. The van der Waals surface area contributed by atoms with Crippen LogP contribution < -0.4 is 5.73 Å². The lowest BCUT2D eigenvalue weighted by Gasteiger charge is -2.06. The van der Waals surface area contributed by atoms with Gasteiger partial charge in [0.2, 0.25) is 11.8 Å². The molecule has 0 spiro atoms. The highest BCUT2D eigenvalue weighted by molar-refractivity contribution is 7.99. The number of aryl methyl sites for hydroxylation is 1. The predicted octanol–water partition coefficient (Wildman–Crippen LogP) is 3.27. The summed E-state index contributed by atoms with van der Waals surface area (Å²) in [7, 11) is 0. The van der Waals surface area contributed by atoms with E-state index in [1.54, 1.807) is 6.07 Å². The molecule has 2 N–H and O–H groups in total. The molecule has 1 unspecified atom stereocenters. The van der Waals surface area contributed by atoms with Crippen LogP contribution in [0.5, 0.6) is 0 Å². The minimum Gasteiger partial charge on any atom is -0.419 e. The van der Waals surface area contributed by atoms with Crippen LogP contribution in [0, 0.1) is 6.92 Å². The third kappa shape index (κ3) is 3.25. The Morgan fingerprint density at radius 1 is 1.14 bits per heavy atom. The lowest BCUT2D eigenvalue weighted by molar-refractivity contribution is 0.509. The van der Waals surface area contributed by atoms with Crippen LogP contribution in [0.25, 0.3) is 11.5 Å². The number of nitrogens with two attached hydrogens (primary N) is 1. The number of hydrogen-bond acceptors (Lipinski definition) is 7. The van der Waals surface area contributed by atoms with E-state index in [4.69, 9.17) is 10.2 Å². The Morgan fingerprint density at radius 3 is 2.64 bits per heavy atom. The Hall–Kier alpha value is -2.41. The van der Waals surface area contributed by atoms with Gasteiger partial charge in [-0.1, -0.05) is 30.0 Å². The summed E-state index contributed by atoms with van der Waals surface area (Å²) in [4.78, 5) is 8.55. The van der Waals surface area contributed by atoms with Gasteiger partial charge in [-0.25, -0.2) is 9.97 Å². The van der Waals surface area contributed by atoms with Crippen LogP contribution >= 0.6 is 11.8 Å². The second-order valence-corrected chi connectivity index (χ2v) is 6.10. The molecule has 3 rings (SSSR count). The molecular weight excluding hydrogens is 298 g/mol. The van der Waals surface area contributed by atoms with Crippen molar-refractivity contribution in [1.29, 1.82) is 0 Å². The van der Waals surface area contributed by atoms with Crippen molar-refractivity contribution in [2.75, 3.05) is 5.73 Å². The Bertz CT molecular complexity index is 754. The third-order valence-corrected chi connectivity index (χ3v) is 3.89. The first-order chi connectivity index (χ1) is 10.6. The van der Waals surface area contributed by atoms with Gasteiger partial charge in [-0.15, -0.1) is 10.2 Å². The quantitative estimate of drug-likeness (QED) is 0.584.